The van der Waals surface area contributed by atoms with Gasteiger partial charge in [0.05, 0.1) is 11.9 Å². The Balaban J connectivity index is 1.91. The quantitative estimate of drug-likeness (QED) is 0.770. The molecule has 0 aliphatic rings. The van der Waals surface area contributed by atoms with Crippen LogP contribution in [0.2, 0.25) is 0 Å². The van der Waals surface area contributed by atoms with Crippen molar-refractivity contribution in [3.8, 4) is 0 Å². The molecule has 0 saturated carbocycles. The number of aromatic nitrogens is 4. The zero-order valence-corrected chi connectivity index (χ0v) is 11.8. The number of amides is 1. The molecule has 1 aromatic carbocycles. The fourth-order valence-electron chi connectivity index (χ4n) is 2.43. The van der Waals surface area contributed by atoms with Gasteiger partial charge in [-0.3, -0.25) is 15.1 Å². The maximum Gasteiger partial charge on any atom is 0.231 e. The molecule has 21 heavy (non-hydrogen) atoms. The summed E-state index contributed by atoms with van der Waals surface area (Å²) in [5.41, 5.74) is 3.86. The Bertz CT molecular complexity index is 795. The van der Waals surface area contributed by atoms with Gasteiger partial charge in [-0.25, -0.2) is 5.10 Å². The Morgan fingerprint density at radius 2 is 2.10 bits per heavy atom. The SMILES string of the molecule is Cc1nc2ccccc2c(C)c1CC(=O)Nc1ncn[nH]1. The molecule has 106 valence electrons. The molecule has 0 saturated heterocycles. The Kier molecular flexibility index (Phi) is 3.35. The van der Waals surface area contributed by atoms with Crippen LogP contribution in [0.15, 0.2) is 30.6 Å². The van der Waals surface area contributed by atoms with Gasteiger partial charge in [0.15, 0.2) is 0 Å². The first kappa shape index (κ1) is 13.2. The van der Waals surface area contributed by atoms with Crippen molar-refractivity contribution in [2.24, 2.45) is 0 Å². The van der Waals surface area contributed by atoms with Crippen LogP contribution in [0.4, 0.5) is 5.95 Å². The number of para-hydroxylation sites is 1. The first-order valence-corrected chi connectivity index (χ1v) is 6.65. The Hall–Kier alpha value is -2.76. The molecule has 0 atom stereocenters. The topological polar surface area (TPSA) is 83.6 Å². The number of pyridine rings is 1. The van der Waals surface area contributed by atoms with E-state index in [-0.39, 0.29) is 12.3 Å². The van der Waals surface area contributed by atoms with Gasteiger partial charge in [0, 0.05) is 11.1 Å². The lowest BCUT2D eigenvalue weighted by Gasteiger charge is -2.12. The number of carbonyl (C=O) groups excluding carboxylic acids is 1. The number of rotatable bonds is 3. The van der Waals surface area contributed by atoms with Gasteiger partial charge in [-0.05, 0) is 31.0 Å². The minimum absolute atomic E-state index is 0.143. The zero-order chi connectivity index (χ0) is 14.8. The number of H-pyrrole nitrogens is 1. The van der Waals surface area contributed by atoms with E-state index in [1.54, 1.807) is 0 Å². The molecule has 0 spiro atoms. The van der Waals surface area contributed by atoms with E-state index in [9.17, 15) is 4.79 Å². The van der Waals surface area contributed by atoms with E-state index in [0.29, 0.717) is 5.95 Å². The fourth-order valence-corrected chi connectivity index (χ4v) is 2.43. The van der Waals surface area contributed by atoms with Crippen molar-refractivity contribution in [1.82, 2.24) is 20.2 Å². The Labute approximate surface area is 121 Å². The molecule has 3 aromatic rings. The smallest absolute Gasteiger partial charge is 0.231 e. The van der Waals surface area contributed by atoms with Gasteiger partial charge in [-0.15, -0.1) is 0 Å². The summed E-state index contributed by atoms with van der Waals surface area (Å²) in [6.45, 7) is 3.95. The number of carbonyl (C=O) groups is 1. The van der Waals surface area contributed by atoms with Gasteiger partial charge in [0.1, 0.15) is 6.33 Å². The molecule has 1 amide bonds. The summed E-state index contributed by atoms with van der Waals surface area (Å²) < 4.78 is 0. The Morgan fingerprint density at radius 1 is 1.29 bits per heavy atom. The minimum atomic E-state index is -0.143. The maximum atomic E-state index is 12.1. The van der Waals surface area contributed by atoms with Gasteiger partial charge in [-0.1, -0.05) is 18.2 Å². The molecule has 0 bridgehead atoms. The average Bonchev–Trinajstić information content (AvgIpc) is 2.96. The number of hydrogen-bond donors (Lipinski definition) is 2. The number of aryl methyl sites for hydroxylation is 2. The van der Waals surface area contributed by atoms with Gasteiger partial charge < -0.3 is 0 Å². The highest BCUT2D eigenvalue weighted by molar-refractivity contribution is 5.92. The van der Waals surface area contributed by atoms with Crippen LogP contribution in [0.1, 0.15) is 16.8 Å². The van der Waals surface area contributed by atoms with Gasteiger partial charge in [-0.2, -0.15) is 10.1 Å². The van der Waals surface area contributed by atoms with E-state index in [1.807, 2.05) is 38.1 Å². The zero-order valence-electron chi connectivity index (χ0n) is 11.8. The standard InChI is InChI=1S/C15H15N5O/c1-9-11-5-3-4-6-13(11)18-10(2)12(9)7-14(21)19-15-16-8-17-20-15/h3-6,8H,7H2,1-2H3,(H2,16,17,19,20,21). The third-order valence-corrected chi connectivity index (χ3v) is 3.50. The third-order valence-electron chi connectivity index (χ3n) is 3.50. The van der Waals surface area contributed by atoms with Crippen LogP contribution < -0.4 is 5.32 Å². The Morgan fingerprint density at radius 3 is 2.86 bits per heavy atom. The van der Waals surface area contributed by atoms with Crippen molar-refractivity contribution < 1.29 is 4.79 Å². The van der Waals surface area contributed by atoms with E-state index in [0.717, 1.165) is 27.7 Å². The van der Waals surface area contributed by atoms with Gasteiger partial charge in [0.2, 0.25) is 11.9 Å². The predicted octanol–water partition coefficient (Wildman–Crippen LogP) is 2.15. The summed E-state index contributed by atoms with van der Waals surface area (Å²) in [7, 11) is 0. The summed E-state index contributed by atoms with van der Waals surface area (Å²) in [5, 5.41) is 10.1. The summed E-state index contributed by atoms with van der Waals surface area (Å²) in [6, 6.07) is 7.94. The second-order valence-corrected chi connectivity index (χ2v) is 4.88. The fraction of sp³-hybridized carbons (Fsp3) is 0.200. The molecule has 2 heterocycles. The summed E-state index contributed by atoms with van der Waals surface area (Å²) in [5.74, 6) is 0.207. The number of nitrogens with one attached hydrogen (secondary N) is 2. The molecule has 0 aliphatic heterocycles. The molecule has 6 heteroatoms. The van der Waals surface area contributed by atoms with Crippen LogP contribution in [0.5, 0.6) is 0 Å². The molecule has 2 aromatic heterocycles. The number of hydrogen-bond acceptors (Lipinski definition) is 4. The number of nitrogens with zero attached hydrogens (tertiary/aromatic N) is 3. The van der Waals surface area contributed by atoms with E-state index >= 15 is 0 Å². The van der Waals surface area contributed by atoms with Crippen molar-refractivity contribution in [3.63, 3.8) is 0 Å². The second kappa shape index (κ2) is 5.32. The maximum absolute atomic E-state index is 12.1. The highest BCUT2D eigenvalue weighted by Gasteiger charge is 2.13. The van der Waals surface area contributed by atoms with E-state index in [1.165, 1.54) is 6.33 Å². The van der Waals surface area contributed by atoms with Crippen molar-refractivity contribution >= 4 is 22.8 Å². The monoisotopic (exact) mass is 281 g/mol. The molecule has 0 unspecified atom stereocenters. The highest BCUT2D eigenvalue weighted by Crippen LogP contribution is 2.23. The highest BCUT2D eigenvalue weighted by atomic mass is 16.1. The van der Waals surface area contributed by atoms with Crippen LogP contribution in [0.3, 0.4) is 0 Å². The van der Waals surface area contributed by atoms with Crippen molar-refractivity contribution in [1.29, 1.82) is 0 Å². The van der Waals surface area contributed by atoms with Crippen LogP contribution in [0.25, 0.3) is 10.9 Å². The molecule has 3 rings (SSSR count). The van der Waals surface area contributed by atoms with Crippen LogP contribution in [-0.2, 0) is 11.2 Å². The van der Waals surface area contributed by atoms with E-state index in [4.69, 9.17) is 0 Å². The van der Waals surface area contributed by atoms with Crippen LogP contribution >= 0.6 is 0 Å². The average molecular weight is 281 g/mol. The molecular weight excluding hydrogens is 266 g/mol. The van der Waals surface area contributed by atoms with E-state index in [2.05, 4.69) is 25.5 Å². The lowest BCUT2D eigenvalue weighted by atomic mass is 9.99. The van der Waals surface area contributed by atoms with Gasteiger partial charge in [0.25, 0.3) is 0 Å². The number of fused-ring (bicyclic) bond motifs is 1. The minimum Gasteiger partial charge on any atom is -0.295 e. The molecule has 0 fully saturated rings. The first-order valence-electron chi connectivity index (χ1n) is 6.65. The molecular formula is C15H15N5O. The van der Waals surface area contributed by atoms with Crippen LogP contribution in [-0.4, -0.2) is 26.1 Å². The van der Waals surface area contributed by atoms with E-state index < -0.39 is 0 Å². The lowest BCUT2D eigenvalue weighted by molar-refractivity contribution is -0.115. The largest absolute Gasteiger partial charge is 0.295 e. The van der Waals surface area contributed by atoms with Crippen molar-refractivity contribution in [2.75, 3.05) is 5.32 Å². The van der Waals surface area contributed by atoms with Crippen molar-refractivity contribution in [3.05, 3.63) is 47.4 Å². The van der Waals surface area contributed by atoms with Crippen molar-refractivity contribution in [2.45, 2.75) is 20.3 Å². The normalized spacial score (nSPS) is 10.8. The first-order chi connectivity index (χ1) is 10.1. The molecule has 2 N–H and O–H groups in total. The summed E-state index contributed by atoms with van der Waals surface area (Å²) in [4.78, 5) is 20.5. The number of aromatic amines is 1. The summed E-state index contributed by atoms with van der Waals surface area (Å²) in [6.07, 6.45) is 1.61. The second-order valence-electron chi connectivity index (χ2n) is 4.88. The summed E-state index contributed by atoms with van der Waals surface area (Å²) >= 11 is 0. The predicted molar refractivity (Wildman–Crippen MR) is 79.9 cm³/mol. The van der Waals surface area contributed by atoms with Crippen LogP contribution in [0, 0.1) is 13.8 Å². The molecule has 6 nitrogen and oxygen atoms in total. The van der Waals surface area contributed by atoms with Gasteiger partial charge >= 0.3 is 0 Å². The molecule has 0 aliphatic carbocycles. The number of anilines is 1. The number of benzene rings is 1. The lowest BCUT2D eigenvalue weighted by Crippen LogP contribution is -2.17. The molecule has 0 radical (unpaired) electrons. The third kappa shape index (κ3) is 2.60.